The fourth-order valence-corrected chi connectivity index (χ4v) is 3.73. The number of piperazine rings is 1. The van der Waals surface area contributed by atoms with E-state index in [1.807, 2.05) is 73.3 Å². The van der Waals surface area contributed by atoms with E-state index in [1.165, 1.54) is 0 Å². The van der Waals surface area contributed by atoms with Gasteiger partial charge in [-0.25, -0.2) is 0 Å². The molecule has 0 bridgehead atoms. The molecule has 148 valence electrons. The maximum atomic E-state index is 13.1. The van der Waals surface area contributed by atoms with Crippen LogP contribution in [0, 0.1) is 0 Å². The lowest BCUT2D eigenvalue weighted by Crippen LogP contribution is -2.54. The molecule has 0 spiro atoms. The predicted octanol–water partition coefficient (Wildman–Crippen LogP) is 3.45. The minimum Gasteiger partial charge on any atom is -0.369 e. The molecule has 5 heteroatoms. The lowest BCUT2D eigenvalue weighted by Gasteiger charge is -2.39. The Morgan fingerprint density at radius 2 is 1.57 bits per heavy atom. The van der Waals surface area contributed by atoms with E-state index in [1.54, 1.807) is 6.92 Å². The molecule has 0 N–H and O–H groups in total. The molecule has 0 aliphatic carbocycles. The van der Waals surface area contributed by atoms with Gasteiger partial charge >= 0.3 is 0 Å². The van der Waals surface area contributed by atoms with Crippen LogP contribution >= 0.6 is 0 Å². The van der Waals surface area contributed by atoms with Crippen molar-refractivity contribution in [3.8, 4) is 0 Å². The average molecular weight is 380 g/mol. The van der Waals surface area contributed by atoms with Gasteiger partial charge in [0.15, 0.2) is 5.78 Å². The van der Waals surface area contributed by atoms with Crippen molar-refractivity contribution in [1.82, 2.24) is 4.90 Å². The van der Waals surface area contributed by atoms with Crippen LogP contribution in [0.2, 0.25) is 0 Å². The Labute approximate surface area is 167 Å². The highest BCUT2D eigenvalue weighted by atomic mass is 16.2. The smallest absolute Gasteiger partial charge is 0.244 e. The maximum Gasteiger partial charge on any atom is 0.244 e. The normalized spacial score (nSPS) is 15.9. The van der Waals surface area contributed by atoms with Gasteiger partial charge in [0.05, 0.1) is 6.04 Å². The van der Waals surface area contributed by atoms with Crippen LogP contribution in [-0.2, 0) is 4.79 Å². The van der Waals surface area contributed by atoms with E-state index in [9.17, 15) is 9.59 Å². The quantitative estimate of drug-likeness (QED) is 0.721. The third-order valence-corrected chi connectivity index (χ3v) is 5.51. The zero-order valence-corrected chi connectivity index (χ0v) is 17.0. The summed E-state index contributed by atoms with van der Waals surface area (Å²) in [4.78, 5) is 30.9. The summed E-state index contributed by atoms with van der Waals surface area (Å²) in [5.74, 6) is 0.232. The summed E-state index contributed by atoms with van der Waals surface area (Å²) in [6, 6.07) is 17.5. The Morgan fingerprint density at radius 1 is 0.964 bits per heavy atom. The topological polar surface area (TPSA) is 43.9 Å². The van der Waals surface area contributed by atoms with Gasteiger partial charge in [-0.1, -0.05) is 18.2 Å². The van der Waals surface area contributed by atoms with Crippen LogP contribution in [-0.4, -0.2) is 55.4 Å². The number of anilines is 2. The number of nitrogens with zero attached hydrogens (tertiary/aromatic N) is 3. The van der Waals surface area contributed by atoms with Crippen LogP contribution in [0.15, 0.2) is 54.6 Å². The van der Waals surface area contributed by atoms with Gasteiger partial charge in [0.1, 0.15) is 0 Å². The molecule has 0 radical (unpaired) electrons. The van der Waals surface area contributed by atoms with Crippen molar-refractivity contribution < 1.29 is 9.59 Å². The van der Waals surface area contributed by atoms with Gasteiger partial charge < -0.3 is 9.80 Å². The standard InChI is InChI=1S/C23H29N3O2/c1-4-26(22-8-6-5-7-9-22)23(28)18(2)24-14-16-25(17-15-24)21-12-10-20(11-13-21)19(3)27/h5-13,18H,4,14-17H2,1-3H3/t18-/m0/s1. The summed E-state index contributed by atoms with van der Waals surface area (Å²) in [7, 11) is 0. The molecule has 1 heterocycles. The molecule has 1 aliphatic heterocycles. The van der Waals surface area contributed by atoms with Gasteiger partial charge in [0.2, 0.25) is 5.91 Å². The summed E-state index contributed by atoms with van der Waals surface area (Å²) in [5.41, 5.74) is 2.82. The summed E-state index contributed by atoms with van der Waals surface area (Å²) in [6.07, 6.45) is 0. The molecule has 28 heavy (non-hydrogen) atoms. The van der Waals surface area contributed by atoms with Gasteiger partial charge in [0.25, 0.3) is 0 Å². The summed E-state index contributed by atoms with van der Waals surface area (Å²) < 4.78 is 0. The highest BCUT2D eigenvalue weighted by Gasteiger charge is 2.29. The number of hydrogen-bond acceptors (Lipinski definition) is 4. The minimum atomic E-state index is -0.151. The number of para-hydroxylation sites is 1. The minimum absolute atomic E-state index is 0.0857. The molecule has 0 saturated carbocycles. The van der Waals surface area contributed by atoms with Crippen LogP contribution in [0.3, 0.4) is 0 Å². The van der Waals surface area contributed by atoms with E-state index >= 15 is 0 Å². The lowest BCUT2D eigenvalue weighted by atomic mass is 10.1. The Hall–Kier alpha value is -2.66. The SMILES string of the molecule is CCN(C(=O)[C@H](C)N1CCN(c2ccc(C(C)=O)cc2)CC1)c1ccccc1. The van der Waals surface area contributed by atoms with Gasteiger partial charge in [-0.15, -0.1) is 0 Å². The number of rotatable bonds is 6. The largest absolute Gasteiger partial charge is 0.369 e. The van der Waals surface area contributed by atoms with E-state index < -0.39 is 0 Å². The Morgan fingerprint density at radius 3 is 2.11 bits per heavy atom. The highest BCUT2D eigenvalue weighted by Crippen LogP contribution is 2.20. The first kappa shape index (κ1) is 20.1. The number of carbonyl (C=O) groups excluding carboxylic acids is 2. The number of amides is 1. The molecule has 1 atom stereocenters. The molecule has 2 aromatic rings. The van der Waals surface area contributed by atoms with Crippen molar-refractivity contribution in [3.63, 3.8) is 0 Å². The molecule has 3 rings (SSSR count). The van der Waals surface area contributed by atoms with Gasteiger partial charge in [-0.2, -0.15) is 0 Å². The fourth-order valence-electron chi connectivity index (χ4n) is 3.73. The Kier molecular flexibility index (Phi) is 6.47. The molecular weight excluding hydrogens is 350 g/mol. The van der Waals surface area contributed by atoms with Crippen LogP contribution in [0.5, 0.6) is 0 Å². The molecule has 0 aromatic heterocycles. The molecule has 1 aliphatic rings. The first-order chi connectivity index (χ1) is 13.5. The van der Waals surface area contributed by atoms with Crippen molar-refractivity contribution in [1.29, 1.82) is 0 Å². The number of Topliss-reactive ketones (excluding diaryl/α,β-unsaturated/α-hetero) is 1. The van der Waals surface area contributed by atoms with Crippen LogP contribution < -0.4 is 9.80 Å². The third kappa shape index (κ3) is 4.42. The van der Waals surface area contributed by atoms with Crippen molar-refractivity contribution in [2.45, 2.75) is 26.8 Å². The Balaban J connectivity index is 1.60. The number of hydrogen-bond donors (Lipinski definition) is 0. The van der Waals surface area contributed by atoms with Gasteiger partial charge in [-0.3, -0.25) is 14.5 Å². The first-order valence-electron chi connectivity index (χ1n) is 9.97. The van der Waals surface area contributed by atoms with E-state index in [2.05, 4.69) is 9.80 Å². The van der Waals surface area contributed by atoms with Gasteiger partial charge in [-0.05, 0) is 57.2 Å². The van der Waals surface area contributed by atoms with Crippen LogP contribution in [0.25, 0.3) is 0 Å². The number of carbonyl (C=O) groups is 2. The van der Waals surface area contributed by atoms with E-state index in [4.69, 9.17) is 0 Å². The molecule has 5 nitrogen and oxygen atoms in total. The highest BCUT2D eigenvalue weighted by molar-refractivity contribution is 5.97. The lowest BCUT2D eigenvalue weighted by molar-refractivity contribution is -0.123. The Bertz CT molecular complexity index is 796. The number of benzene rings is 2. The summed E-state index contributed by atoms with van der Waals surface area (Å²) in [5, 5.41) is 0. The average Bonchev–Trinajstić information content (AvgIpc) is 2.74. The van der Waals surface area contributed by atoms with Crippen LogP contribution in [0.1, 0.15) is 31.1 Å². The van der Waals surface area contributed by atoms with E-state index in [0.29, 0.717) is 6.54 Å². The van der Waals surface area contributed by atoms with E-state index in [0.717, 1.165) is 43.1 Å². The molecule has 1 fully saturated rings. The van der Waals surface area contributed by atoms with Crippen molar-refractivity contribution in [2.24, 2.45) is 0 Å². The van der Waals surface area contributed by atoms with E-state index in [-0.39, 0.29) is 17.7 Å². The predicted molar refractivity (Wildman–Crippen MR) is 114 cm³/mol. The zero-order chi connectivity index (χ0) is 20.1. The third-order valence-electron chi connectivity index (χ3n) is 5.51. The summed E-state index contributed by atoms with van der Waals surface area (Å²) in [6.45, 7) is 9.69. The number of likely N-dealkylation sites (N-methyl/N-ethyl adjacent to an activating group) is 1. The van der Waals surface area contributed by atoms with Crippen LogP contribution in [0.4, 0.5) is 11.4 Å². The maximum absolute atomic E-state index is 13.1. The van der Waals surface area contributed by atoms with Gasteiger partial charge in [0, 0.05) is 49.7 Å². The molecular formula is C23H29N3O2. The molecule has 1 amide bonds. The zero-order valence-electron chi connectivity index (χ0n) is 17.0. The first-order valence-corrected chi connectivity index (χ1v) is 9.97. The summed E-state index contributed by atoms with van der Waals surface area (Å²) >= 11 is 0. The van der Waals surface area contributed by atoms with Crippen molar-refractivity contribution >= 4 is 23.1 Å². The molecule has 2 aromatic carbocycles. The number of ketones is 1. The fraction of sp³-hybridized carbons (Fsp3) is 0.391. The monoisotopic (exact) mass is 379 g/mol. The van der Waals surface area contributed by atoms with Crippen molar-refractivity contribution in [3.05, 3.63) is 60.2 Å². The second-order valence-corrected chi connectivity index (χ2v) is 7.22. The van der Waals surface area contributed by atoms with Crippen molar-refractivity contribution in [2.75, 3.05) is 42.5 Å². The molecule has 1 saturated heterocycles. The molecule has 0 unspecified atom stereocenters. The second kappa shape index (κ2) is 9.02. The second-order valence-electron chi connectivity index (χ2n) is 7.22.